The second kappa shape index (κ2) is 13.2. The summed E-state index contributed by atoms with van der Waals surface area (Å²) in [5, 5.41) is 9.21. The molecule has 3 rings (SSSR count). The third-order valence-corrected chi connectivity index (χ3v) is 14.7. The van der Waals surface area contributed by atoms with Gasteiger partial charge in [-0.15, -0.1) is 0 Å². The van der Waals surface area contributed by atoms with Crippen LogP contribution in [0.1, 0.15) is 38.5 Å². The summed E-state index contributed by atoms with van der Waals surface area (Å²) < 4.78 is 92.2. The van der Waals surface area contributed by atoms with Crippen LogP contribution in [-0.2, 0) is 58.4 Å². The third kappa shape index (κ3) is 10.6. The van der Waals surface area contributed by atoms with Gasteiger partial charge in [0.1, 0.15) is 5.75 Å². The molecule has 0 aromatic rings. The van der Waals surface area contributed by atoms with Crippen molar-refractivity contribution in [2.24, 2.45) is 0 Å². The quantitative estimate of drug-likeness (QED) is 0.250. The number of aliphatic hydroxyl groups is 1. The van der Waals surface area contributed by atoms with Crippen LogP contribution in [0.5, 0.6) is 0 Å². The Morgan fingerprint density at radius 3 is 1.16 bits per heavy atom. The molecule has 0 atom stereocenters. The molecule has 1 N–H and O–H groups in total. The van der Waals surface area contributed by atoms with Gasteiger partial charge in [-0.25, -0.2) is 33.7 Å². The minimum Gasteiger partial charge on any atom is -0.468 e. The summed E-state index contributed by atoms with van der Waals surface area (Å²) in [7, 11) is -9.92. The zero-order chi connectivity index (χ0) is 30.4. The van der Waals surface area contributed by atoms with Gasteiger partial charge >= 0.3 is 11.9 Å². The van der Waals surface area contributed by atoms with E-state index in [0.717, 1.165) is 32.5 Å². The number of ether oxygens (including phenoxy) is 2. The molecule has 38 heavy (non-hydrogen) atoms. The highest BCUT2D eigenvalue weighted by Crippen LogP contribution is 2.45. The lowest BCUT2D eigenvalue weighted by Crippen LogP contribution is -2.32. The summed E-state index contributed by atoms with van der Waals surface area (Å²) in [6, 6.07) is 0. The summed E-state index contributed by atoms with van der Waals surface area (Å²) >= 11 is 3.19. The van der Waals surface area contributed by atoms with Crippen LogP contribution in [0.2, 0.25) is 0 Å². The molecule has 0 bridgehead atoms. The van der Waals surface area contributed by atoms with Crippen LogP contribution in [0.25, 0.3) is 0 Å². The topological polar surface area (TPSA) is 209 Å². The average Bonchev–Trinajstić information content (AvgIpc) is 3.63. The number of aliphatic hydroxyl groups excluding tert-OH is 1. The van der Waals surface area contributed by atoms with Gasteiger partial charge in [0.25, 0.3) is 0 Å². The number of esters is 2. The van der Waals surface area contributed by atoms with Gasteiger partial charge in [0, 0.05) is 30.4 Å². The lowest BCUT2D eigenvalue weighted by molar-refractivity contribution is -0.141. The van der Waals surface area contributed by atoms with E-state index in [4.69, 9.17) is 5.11 Å². The lowest BCUT2D eigenvalue weighted by Gasteiger charge is -2.08. The number of alkyl halides is 1. The second-order valence-electron chi connectivity index (χ2n) is 9.61. The smallest absolute Gasteiger partial charge is 0.327 e. The molecule has 226 valence electrons. The van der Waals surface area contributed by atoms with E-state index < -0.39 is 66.5 Å². The molecule has 3 saturated carbocycles. The Bertz CT molecular complexity index is 1220. The normalized spacial score (nSPS) is 19.9. The minimum atomic E-state index is -3.28. The number of halogens is 1. The van der Waals surface area contributed by atoms with E-state index in [0.29, 0.717) is 31.0 Å². The van der Waals surface area contributed by atoms with Gasteiger partial charge in [0.05, 0.1) is 30.3 Å². The van der Waals surface area contributed by atoms with Crippen molar-refractivity contribution in [3.8, 4) is 0 Å². The van der Waals surface area contributed by atoms with Crippen molar-refractivity contribution in [3.05, 3.63) is 0 Å². The Morgan fingerprint density at radius 2 is 1.11 bits per heavy atom. The van der Waals surface area contributed by atoms with E-state index in [9.17, 15) is 43.3 Å². The van der Waals surface area contributed by atoms with Crippen LogP contribution in [-0.4, -0.2) is 122 Å². The Morgan fingerprint density at radius 1 is 0.711 bits per heavy atom. The monoisotopic (exact) mass is 692 g/mol. The molecule has 0 spiro atoms. The van der Waals surface area contributed by atoms with Crippen molar-refractivity contribution >= 4 is 67.2 Å². The van der Waals surface area contributed by atoms with Crippen LogP contribution in [0.15, 0.2) is 0 Å². The molecule has 0 aliphatic heterocycles. The fourth-order valence-electron chi connectivity index (χ4n) is 2.83. The molecule has 0 radical (unpaired) electrons. The summed E-state index contributed by atoms with van der Waals surface area (Å²) in [6.45, 7) is -0.216. The fourth-order valence-corrected chi connectivity index (χ4v) is 8.53. The second-order valence-corrected chi connectivity index (χ2v) is 19.5. The summed E-state index contributed by atoms with van der Waals surface area (Å²) in [5.74, 6) is -1.89. The number of methoxy groups -OCH3 is 2. The zero-order valence-electron chi connectivity index (χ0n) is 22.2. The molecule has 0 aromatic carbocycles. The molecular formula is C20H37BrO13S4. The van der Waals surface area contributed by atoms with Gasteiger partial charge < -0.3 is 14.6 Å². The maximum absolute atomic E-state index is 11.0. The van der Waals surface area contributed by atoms with Crippen molar-refractivity contribution < 1.29 is 57.8 Å². The first-order valence-corrected chi connectivity index (χ1v) is 19.9. The van der Waals surface area contributed by atoms with Gasteiger partial charge in [-0.3, -0.25) is 9.59 Å². The van der Waals surface area contributed by atoms with Gasteiger partial charge in [-0.2, -0.15) is 0 Å². The number of sulfone groups is 4. The van der Waals surface area contributed by atoms with Gasteiger partial charge in [-0.05, 0) is 38.5 Å². The first-order chi connectivity index (χ1) is 16.9. The van der Waals surface area contributed by atoms with Crippen LogP contribution in [0, 0.1) is 0 Å². The predicted molar refractivity (Wildman–Crippen MR) is 145 cm³/mol. The van der Waals surface area contributed by atoms with Crippen LogP contribution in [0.3, 0.4) is 0 Å². The molecular weight excluding hydrogens is 656 g/mol. The molecule has 0 saturated heterocycles. The van der Waals surface area contributed by atoms with Crippen molar-refractivity contribution in [2.45, 2.75) is 52.8 Å². The number of carbonyl (C=O) groups is 2. The predicted octanol–water partition coefficient (Wildman–Crippen LogP) is -0.545. The Labute approximate surface area is 233 Å². The number of hydrogen-bond donors (Lipinski definition) is 1. The van der Waals surface area contributed by atoms with Crippen molar-refractivity contribution in [3.63, 3.8) is 0 Å². The molecule has 0 amide bonds. The Kier molecular flexibility index (Phi) is 12.9. The van der Waals surface area contributed by atoms with E-state index in [2.05, 4.69) is 25.4 Å². The third-order valence-electron chi connectivity index (χ3n) is 6.30. The maximum Gasteiger partial charge on any atom is 0.327 e. The molecule has 3 aliphatic carbocycles. The van der Waals surface area contributed by atoms with E-state index >= 15 is 0 Å². The van der Waals surface area contributed by atoms with Crippen molar-refractivity contribution in [1.29, 1.82) is 0 Å². The van der Waals surface area contributed by atoms with Crippen molar-refractivity contribution in [2.75, 3.05) is 56.9 Å². The van der Waals surface area contributed by atoms with Crippen molar-refractivity contribution in [1.82, 2.24) is 0 Å². The van der Waals surface area contributed by atoms with Gasteiger partial charge in [0.2, 0.25) is 0 Å². The van der Waals surface area contributed by atoms with E-state index in [-0.39, 0.29) is 11.4 Å². The standard InChI is InChI=1S/C6H10O4S.C5H9BrO2S.C5H10O3S.C4H8O4S/c1-10-5(7)6(3-4-6)11(2,8)9;2*1-9(7,8)5(4-6)2-3-5;1-8-4(5)3-9(2,6)7/h3-4H2,1-2H3;2-4H2,1H3;6H,2-4H2,1H3;3H2,1-2H3. The SMILES string of the molecule is COC(=O)C1(S(C)(=O)=O)CC1.COC(=O)CS(C)(=O)=O.CS(=O)(=O)C1(CBr)CC1.CS(=O)(=O)C1(CO)CC1. The summed E-state index contributed by atoms with van der Waals surface area (Å²) in [5.41, 5.74) is 0. The van der Waals surface area contributed by atoms with Crippen LogP contribution < -0.4 is 0 Å². The minimum absolute atomic E-state index is 0.216. The van der Waals surface area contributed by atoms with E-state index in [1.54, 1.807) is 0 Å². The van der Waals surface area contributed by atoms with E-state index in [1.807, 2.05) is 0 Å². The molecule has 0 heterocycles. The number of hydrogen-bond acceptors (Lipinski definition) is 13. The number of carbonyl (C=O) groups excluding carboxylic acids is 2. The molecule has 0 aromatic heterocycles. The fraction of sp³-hybridized carbons (Fsp3) is 0.900. The van der Waals surface area contributed by atoms with Crippen LogP contribution in [0.4, 0.5) is 0 Å². The average molecular weight is 694 g/mol. The Balaban J connectivity index is 0.000000482. The van der Waals surface area contributed by atoms with Gasteiger partial charge in [-0.1, -0.05) is 15.9 Å². The molecule has 3 fully saturated rings. The highest BCUT2D eigenvalue weighted by atomic mass is 79.9. The summed E-state index contributed by atoms with van der Waals surface area (Å²) in [4.78, 5) is 21.2. The zero-order valence-corrected chi connectivity index (χ0v) is 27.1. The maximum atomic E-state index is 11.0. The molecule has 0 unspecified atom stereocenters. The van der Waals surface area contributed by atoms with Gasteiger partial charge in [0.15, 0.2) is 44.1 Å². The highest BCUT2D eigenvalue weighted by molar-refractivity contribution is 9.09. The summed E-state index contributed by atoms with van der Waals surface area (Å²) in [6.07, 6.45) is 8.24. The lowest BCUT2D eigenvalue weighted by atomic mass is 10.4. The number of rotatable bonds is 8. The largest absolute Gasteiger partial charge is 0.468 e. The molecule has 13 nitrogen and oxygen atoms in total. The van der Waals surface area contributed by atoms with E-state index in [1.165, 1.54) is 19.6 Å². The first-order valence-electron chi connectivity index (χ1n) is 11.0. The first kappa shape index (κ1) is 37.2. The molecule has 18 heteroatoms. The van der Waals surface area contributed by atoms with Crippen LogP contribution >= 0.6 is 15.9 Å². The Hall–Kier alpha value is -0.820. The molecule has 3 aliphatic rings. The highest BCUT2D eigenvalue weighted by Gasteiger charge is 2.60.